The molecule has 20 heavy (non-hydrogen) atoms. The normalized spacial score (nSPS) is 22.6. The quantitative estimate of drug-likeness (QED) is 0.914. The van der Waals surface area contributed by atoms with Gasteiger partial charge in [0.2, 0.25) is 5.95 Å². The molecular weight excluding hydrogens is 252 g/mol. The maximum absolute atomic E-state index is 12.1. The number of hydrogen-bond acceptors (Lipinski definition) is 4. The summed E-state index contributed by atoms with van der Waals surface area (Å²) in [5, 5.41) is 2.98. The standard InChI is InChI=1S/C15H22N4O/c1-2-12-5-3-4-10-19(12)15-16-9-8-13(18-15)14(20)17-11-6-7-11/h8-9,11-12H,2-7,10H2,1H3,(H,17,20). The highest BCUT2D eigenvalue weighted by molar-refractivity contribution is 5.92. The molecule has 0 spiro atoms. The number of amides is 1. The van der Waals surface area contributed by atoms with Crippen molar-refractivity contribution >= 4 is 11.9 Å². The van der Waals surface area contributed by atoms with Gasteiger partial charge in [0.25, 0.3) is 5.91 Å². The first-order valence-corrected chi connectivity index (χ1v) is 7.68. The summed E-state index contributed by atoms with van der Waals surface area (Å²) in [5.74, 6) is 0.640. The van der Waals surface area contributed by atoms with Crippen molar-refractivity contribution in [2.24, 2.45) is 0 Å². The van der Waals surface area contributed by atoms with Crippen molar-refractivity contribution in [1.82, 2.24) is 15.3 Å². The topological polar surface area (TPSA) is 58.1 Å². The Bertz CT molecular complexity index is 487. The van der Waals surface area contributed by atoms with Crippen molar-refractivity contribution in [3.05, 3.63) is 18.0 Å². The van der Waals surface area contributed by atoms with Crippen molar-refractivity contribution in [2.45, 2.75) is 57.5 Å². The van der Waals surface area contributed by atoms with Gasteiger partial charge in [0, 0.05) is 24.8 Å². The Labute approximate surface area is 119 Å². The molecular formula is C15H22N4O. The smallest absolute Gasteiger partial charge is 0.270 e. The largest absolute Gasteiger partial charge is 0.348 e. The molecule has 1 aromatic heterocycles. The molecule has 1 aromatic rings. The maximum Gasteiger partial charge on any atom is 0.270 e. The number of nitrogens with zero attached hydrogens (tertiary/aromatic N) is 3. The average molecular weight is 274 g/mol. The molecule has 1 amide bonds. The van der Waals surface area contributed by atoms with E-state index in [2.05, 4.69) is 27.1 Å². The Morgan fingerprint density at radius 3 is 3.00 bits per heavy atom. The SMILES string of the molecule is CCC1CCCCN1c1nccc(C(=O)NC2CC2)n1. The van der Waals surface area contributed by atoms with Gasteiger partial charge in [0.1, 0.15) is 5.69 Å². The molecule has 0 aromatic carbocycles. The van der Waals surface area contributed by atoms with E-state index in [0.717, 1.165) is 25.8 Å². The maximum atomic E-state index is 12.1. The van der Waals surface area contributed by atoms with Crippen LogP contribution < -0.4 is 10.2 Å². The molecule has 1 saturated carbocycles. The third-order valence-corrected chi connectivity index (χ3v) is 4.14. The van der Waals surface area contributed by atoms with Crippen LogP contribution in [0, 0.1) is 0 Å². The fraction of sp³-hybridized carbons (Fsp3) is 0.667. The van der Waals surface area contributed by atoms with Gasteiger partial charge in [-0.05, 0) is 44.6 Å². The summed E-state index contributed by atoms with van der Waals surface area (Å²) >= 11 is 0. The summed E-state index contributed by atoms with van der Waals surface area (Å²) in [5.41, 5.74) is 0.488. The van der Waals surface area contributed by atoms with Crippen molar-refractivity contribution < 1.29 is 4.79 Å². The third kappa shape index (κ3) is 2.92. The Hall–Kier alpha value is -1.65. The van der Waals surface area contributed by atoms with Crippen molar-refractivity contribution in [1.29, 1.82) is 0 Å². The van der Waals surface area contributed by atoms with E-state index in [1.165, 1.54) is 19.3 Å². The van der Waals surface area contributed by atoms with Gasteiger partial charge in [-0.3, -0.25) is 4.79 Å². The molecule has 1 saturated heterocycles. The zero-order valence-corrected chi connectivity index (χ0v) is 12.0. The zero-order chi connectivity index (χ0) is 13.9. The highest BCUT2D eigenvalue weighted by Crippen LogP contribution is 2.24. The van der Waals surface area contributed by atoms with Gasteiger partial charge in [-0.25, -0.2) is 9.97 Å². The van der Waals surface area contributed by atoms with E-state index >= 15 is 0 Å². The lowest BCUT2D eigenvalue weighted by atomic mass is 10.0. The Kier molecular flexibility index (Phi) is 3.85. The van der Waals surface area contributed by atoms with Crippen LogP contribution in [0.2, 0.25) is 0 Å². The summed E-state index contributed by atoms with van der Waals surface area (Å²) in [7, 11) is 0. The number of nitrogens with one attached hydrogen (secondary N) is 1. The lowest BCUT2D eigenvalue weighted by Gasteiger charge is -2.35. The first kappa shape index (κ1) is 13.3. The van der Waals surface area contributed by atoms with Crippen LogP contribution in [0.4, 0.5) is 5.95 Å². The molecule has 1 atom stereocenters. The minimum atomic E-state index is -0.0683. The summed E-state index contributed by atoms with van der Waals surface area (Å²) in [6, 6.07) is 2.57. The van der Waals surface area contributed by atoms with Gasteiger partial charge < -0.3 is 10.2 Å². The van der Waals surface area contributed by atoms with E-state index in [-0.39, 0.29) is 5.91 Å². The van der Waals surface area contributed by atoms with Crippen molar-refractivity contribution in [2.75, 3.05) is 11.4 Å². The minimum Gasteiger partial charge on any atom is -0.348 e. The van der Waals surface area contributed by atoms with Crippen LogP contribution in [0.5, 0.6) is 0 Å². The van der Waals surface area contributed by atoms with E-state index < -0.39 is 0 Å². The summed E-state index contributed by atoms with van der Waals surface area (Å²) in [6.07, 6.45) is 8.63. The fourth-order valence-corrected chi connectivity index (χ4v) is 2.79. The molecule has 1 N–H and O–H groups in total. The Morgan fingerprint density at radius 2 is 2.25 bits per heavy atom. The molecule has 1 unspecified atom stereocenters. The van der Waals surface area contributed by atoms with Crippen LogP contribution >= 0.6 is 0 Å². The fourth-order valence-electron chi connectivity index (χ4n) is 2.79. The predicted octanol–water partition coefficient (Wildman–Crippen LogP) is 2.14. The van der Waals surface area contributed by atoms with Crippen LogP contribution in [-0.4, -0.2) is 34.5 Å². The molecule has 5 heteroatoms. The van der Waals surface area contributed by atoms with Crippen LogP contribution in [0.25, 0.3) is 0 Å². The molecule has 108 valence electrons. The lowest BCUT2D eigenvalue weighted by molar-refractivity contribution is 0.0946. The van der Waals surface area contributed by atoms with Gasteiger partial charge in [-0.1, -0.05) is 6.92 Å². The van der Waals surface area contributed by atoms with Gasteiger partial charge in [0.05, 0.1) is 0 Å². The van der Waals surface area contributed by atoms with Crippen molar-refractivity contribution in [3.63, 3.8) is 0 Å². The molecule has 3 rings (SSSR count). The minimum absolute atomic E-state index is 0.0683. The van der Waals surface area contributed by atoms with E-state index in [1.54, 1.807) is 12.3 Å². The molecule has 2 heterocycles. The first-order chi connectivity index (χ1) is 9.78. The van der Waals surface area contributed by atoms with E-state index in [0.29, 0.717) is 23.7 Å². The van der Waals surface area contributed by atoms with E-state index in [9.17, 15) is 4.79 Å². The molecule has 1 aliphatic carbocycles. The van der Waals surface area contributed by atoms with Crippen LogP contribution in [0.3, 0.4) is 0 Å². The van der Waals surface area contributed by atoms with Gasteiger partial charge in [0.15, 0.2) is 0 Å². The summed E-state index contributed by atoms with van der Waals surface area (Å²) in [4.78, 5) is 23.2. The third-order valence-electron chi connectivity index (χ3n) is 4.14. The summed E-state index contributed by atoms with van der Waals surface area (Å²) < 4.78 is 0. The van der Waals surface area contributed by atoms with E-state index in [1.807, 2.05) is 0 Å². The number of anilines is 1. The number of rotatable bonds is 4. The predicted molar refractivity (Wildman–Crippen MR) is 77.8 cm³/mol. The number of hydrogen-bond donors (Lipinski definition) is 1. The van der Waals surface area contributed by atoms with Gasteiger partial charge >= 0.3 is 0 Å². The highest BCUT2D eigenvalue weighted by atomic mass is 16.2. The molecule has 2 aliphatic rings. The second kappa shape index (κ2) is 5.77. The molecule has 1 aliphatic heterocycles. The van der Waals surface area contributed by atoms with Gasteiger partial charge in [-0.2, -0.15) is 0 Å². The second-order valence-corrected chi connectivity index (χ2v) is 5.74. The molecule has 2 fully saturated rings. The van der Waals surface area contributed by atoms with Crippen LogP contribution in [0.15, 0.2) is 12.3 Å². The summed E-state index contributed by atoms with van der Waals surface area (Å²) in [6.45, 7) is 3.19. The number of aromatic nitrogens is 2. The second-order valence-electron chi connectivity index (χ2n) is 5.74. The Balaban J connectivity index is 1.76. The number of piperidine rings is 1. The van der Waals surface area contributed by atoms with E-state index in [4.69, 9.17) is 0 Å². The lowest BCUT2D eigenvalue weighted by Crippen LogP contribution is -2.40. The number of carbonyl (C=O) groups is 1. The molecule has 5 nitrogen and oxygen atoms in total. The number of carbonyl (C=O) groups excluding carboxylic acids is 1. The first-order valence-electron chi connectivity index (χ1n) is 7.68. The average Bonchev–Trinajstić information content (AvgIpc) is 3.31. The molecule has 0 bridgehead atoms. The monoisotopic (exact) mass is 274 g/mol. The molecule has 0 radical (unpaired) electrons. The van der Waals surface area contributed by atoms with Gasteiger partial charge in [-0.15, -0.1) is 0 Å². The van der Waals surface area contributed by atoms with Crippen LogP contribution in [0.1, 0.15) is 55.9 Å². The van der Waals surface area contributed by atoms with Crippen molar-refractivity contribution in [3.8, 4) is 0 Å². The highest BCUT2D eigenvalue weighted by Gasteiger charge is 2.26. The zero-order valence-electron chi connectivity index (χ0n) is 12.0. The Morgan fingerprint density at radius 1 is 1.40 bits per heavy atom. The van der Waals surface area contributed by atoms with Crippen LogP contribution in [-0.2, 0) is 0 Å².